The van der Waals surface area contributed by atoms with Crippen molar-refractivity contribution in [1.29, 1.82) is 0 Å². The summed E-state index contributed by atoms with van der Waals surface area (Å²) in [6.45, 7) is 0. The van der Waals surface area contributed by atoms with Gasteiger partial charge in [-0.15, -0.1) is 0 Å². The van der Waals surface area contributed by atoms with Crippen molar-refractivity contribution in [3.05, 3.63) is 35.9 Å². The zero-order chi connectivity index (χ0) is 8.27. The Balaban J connectivity index is 0.00000121. The van der Waals surface area contributed by atoms with Gasteiger partial charge in [0.25, 0.3) is 0 Å². The standard InChI is InChI=1S/C7H9O3P.Ta/c8-7(11(9)10)6-4-2-1-3-5-6;/h1-5,7-8,11H,(H,9,10);. The second kappa shape index (κ2) is 5.70. The molecule has 0 amide bonds. The maximum absolute atomic E-state index is 10.4. The van der Waals surface area contributed by atoms with Crippen molar-refractivity contribution in [1.82, 2.24) is 0 Å². The van der Waals surface area contributed by atoms with E-state index in [2.05, 4.69) is 0 Å². The molecule has 0 aliphatic rings. The molecule has 0 fully saturated rings. The van der Waals surface area contributed by atoms with Crippen molar-refractivity contribution in [3.8, 4) is 0 Å². The summed E-state index contributed by atoms with van der Waals surface area (Å²) in [7, 11) is -2.86. The fourth-order valence-electron chi connectivity index (χ4n) is 0.778. The van der Waals surface area contributed by atoms with Crippen molar-refractivity contribution in [2.24, 2.45) is 0 Å². The van der Waals surface area contributed by atoms with Gasteiger partial charge >= 0.3 is 0 Å². The van der Waals surface area contributed by atoms with Crippen LogP contribution in [0.5, 0.6) is 0 Å². The van der Waals surface area contributed by atoms with Gasteiger partial charge in [0, 0.05) is 22.4 Å². The second-order valence-corrected chi connectivity index (χ2v) is 3.37. The SMILES string of the molecule is O=[PH](O)C(O)c1ccccc1.[Ta]. The number of hydrogen-bond acceptors (Lipinski definition) is 2. The second-order valence-electron chi connectivity index (χ2n) is 2.15. The van der Waals surface area contributed by atoms with E-state index in [1.807, 2.05) is 0 Å². The third kappa shape index (κ3) is 3.23. The molecule has 0 saturated heterocycles. The summed E-state index contributed by atoms with van der Waals surface area (Å²) in [4.78, 5) is 8.57. The first-order valence-corrected chi connectivity index (χ1v) is 4.61. The number of benzene rings is 1. The first kappa shape index (κ1) is 12.1. The monoisotopic (exact) mass is 353 g/mol. The summed E-state index contributed by atoms with van der Waals surface area (Å²) >= 11 is 0. The van der Waals surface area contributed by atoms with Crippen LogP contribution in [0.3, 0.4) is 0 Å². The van der Waals surface area contributed by atoms with Gasteiger partial charge in [-0.25, -0.2) is 0 Å². The fourth-order valence-corrected chi connectivity index (χ4v) is 1.26. The average molecular weight is 353 g/mol. The molecule has 65 valence electrons. The Labute approximate surface area is 86.8 Å². The molecule has 2 atom stereocenters. The summed E-state index contributed by atoms with van der Waals surface area (Å²) in [5.74, 6) is -1.22. The molecule has 3 nitrogen and oxygen atoms in total. The summed E-state index contributed by atoms with van der Waals surface area (Å²) in [6, 6.07) is 8.43. The topological polar surface area (TPSA) is 57.5 Å². The summed E-state index contributed by atoms with van der Waals surface area (Å²) in [5.41, 5.74) is 0.485. The number of rotatable bonds is 2. The van der Waals surface area contributed by atoms with Crippen molar-refractivity contribution >= 4 is 8.03 Å². The smallest absolute Gasteiger partial charge is 0.221 e. The Kier molecular flexibility index (Phi) is 5.76. The van der Waals surface area contributed by atoms with Crippen molar-refractivity contribution < 1.29 is 36.9 Å². The van der Waals surface area contributed by atoms with E-state index in [1.54, 1.807) is 30.3 Å². The molecule has 0 aliphatic heterocycles. The van der Waals surface area contributed by atoms with E-state index < -0.39 is 13.9 Å². The molecular formula is C7H9O3PTa. The zero-order valence-electron chi connectivity index (χ0n) is 6.21. The molecule has 0 aromatic heterocycles. The van der Waals surface area contributed by atoms with Gasteiger partial charge in [0.2, 0.25) is 8.03 Å². The van der Waals surface area contributed by atoms with Crippen LogP contribution in [0.1, 0.15) is 11.4 Å². The van der Waals surface area contributed by atoms with Gasteiger partial charge in [0.1, 0.15) is 0 Å². The van der Waals surface area contributed by atoms with Gasteiger partial charge in [-0.2, -0.15) is 0 Å². The van der Waals surface area contributed by atoms with Crippen LogP contribution in [0.4, 0.5) is 0 Å². The van der Waals surface area contributed by atoms with E-state index in [0.29, 0.717) is 5.56 Å². The van der Waals surface area contributed by atoms with Crippen LogP contribution in [0, 0.1) is 0 Å². The van der Waals surface area contributed by atoms with Crippen molar-refractivity contribution in [2.75, 3.05) is 0 Å². The summed E-state index contributed by atoms with van der Waals surface area (Å²) in [5, 5.41) is 9.08. The van der Waals surface area contributed by atoms with E-state index in [1.165, 1.54) is 0 Å². The molecule has 5 heteroatoms. The Bertz CT molecular complexity index is 252. The zero-order valence-corrected chi connectivity index (χ0v) is 10.4. The maximum Gasteiger partial charge on any atom is 0.221 e. The van der Waals surface area contributed by atoms with E-state index in [0.717, 1.165) is 0 Å². The Hall–Kier alpha value is 0.110. The summed E-state index contributed by atoms with van der Waals surface area (Å²) < 4.78 is 10.4. The minimum absolute atomic E-state index is 0. The molecule has 1 aromatic rings. The van der Waals surface area contributed by atoms with Crippen LogP contribution in [0.2, 0.25) is 0 Å². The molecule has 2 unspecified atom stereocenters. The van der Waals surface area contributed by atoms with Gasteiger partial charge < -0.3 is 10.00 Å². The molecule has 12 heavy (non-hydrogen) atoms. The predicted molar refractivity (Wildman–Crippen MR) is 42.6 cm³/mol. The van der Waals surface area contributed by atoms with E-state index in [-0.39, 0.29) is 22.4 Å². The van der Waals surface area contributed by atoms with E-state index in [4.69, 9.17) is 10.00 Å². The van der Waals surface area contributed by atoms with Crippen LogP contribution in [0.25, 0.3) is 0 Å². The molecule has 0 heterocycles. The van der Waals surface area contributed by atoms with Crippen LogP contribution in [-0.2, 0) is 26.9 Å². The summed E-state index contributed by atoms with van der Waals surface area (Å²) in [6.07, 6.45) is 0. The average Bonchev–Trinajstić information content (AvgIpc) is 2.05. The van der Waals surface area contributed by atoms with Gasteiger partial charge in [0.05, 0.1) is 0 Å². The minimum atomic E-state index is -2.86. The molecule has 1 radical (unpaired) electrons. The first-order chi connectivity index (χ1) is 5.22. The molecule has 1 rings (SSSR count). The quantitative estimate of drug-likeness (QED) is 0.785. The first-order valence-electron chi connectivity index (χ1n) is 3.17. The van der Waals surface area contributed by atoms with Crippen LogP contribution < -0.4 is 0 Å². The Morgan fingerprint density at radius 3 is 2.17 bits per heavy atom. The van der Waals surface area contributed by atoms with Crippen LogP contribution in [0.15, 0.2) is 30.3 Å². The Morgan fingerprint density at radius 2 is 1.75 bits per heavy atom. The van der Waals surface area contributed by atoms with Crippen LogP contribution >= 0.6 is 8.03 Å². The van der Waals surface area contributed by atoms with Crippen molar-refractivity contribution in [3.63, 3.8) is 0 Å². The molecule has 0 bridgehead atoms. The molecule has 0 saturated carbocycles. The van der Waals surface area contributed by atoms with Gasteiger partial charge in [0.15, 0.2) is 5.85 Å². The molecular weight excluding hydrogens is 344 g/mol. The van der Waals surface area contributed by atoms with Gasteiger partial charge in [-0.3, -0.25) is 4.57 Å². The number of aliphatic hydroxyl groups excluding tert-OH is 1. The predicted octanol–water partition coefficient (Wildman–Crippen LogP) is 1.14. The maximum atomic E-state index is 10.4. The number of hydrogen-bond donors (Lipinski definition) is 2. The number of aliphatic hydroxyl groups is 1. The van der Waals surface area contributed by atoms with Crippen molar-refractivity contribution in [2.45, 2.75) is 5.85 Å². The third-order valence-electron chi connectivity index (χ3n) is 1.35. The molecule has 2 N–H and O–H groups in total. The minimum Gasteiger partial charge on any atom is -0.378 e. The van der Waals surface area contributed by atoms with Gasteiger partial charge in [-0.1, -0.05) is 30.3 Å². The largest absolute Gasteiger partial charge is 0.378 e. The fraction of sp³-hybridized carbons (Fsp3) is 0.143. The molecule has 1 aromatic carbocycles. The molecule has 0 aliphatic carbocycles. The molecule has 0 spiro atoms. The van der Waals surface area contributed by atoms with Gasteiger partial charge in [-0.05, 0) is 5.56 Å². The normalized spacial score (nSPS) is 14.5. The van der Waals surface area contributed by atoms with Crippen LogP contribution in [-0.4, -0.2) is 10.00 Å². The van der Waals surface area contributed by atoms with E-state index in [9.17, 15) is 4.57 Å². The Morgan fingerprint density at radius 1 is 1.25 bits per heavy atom. The third-order valence-corrected chi connectivity index (χ3v) is 2.15. The van der Waals surface area contributed by atoms with E-state index >= 15 is 0 Å².